The fourth-order valence-electron chi connectivity index (χ4n) is 2.99. The fraction of sp³-hybridized carbons (Fsp3) is 0.182. The Kier molecular flexibility index (Phi) is 6.50. The van der Waals surface area contributed by atoms with Gasteiger partial charge >= 0.3 is 0 Å². The van der Waals surface area contributed by atoms with E-state index in [-0.39, 0.29) is 29.2 Å². The molecule has 1 N–H and O–H groups in total. The van der Waals surface area contributed by atoms with E-state index in [9.17, 15) is 9.18 Å². The lowest BCUT2D eigenvalue weighted by Gasteiger charge is -2.09. The van der Waals surface area contributed by atoms with Gasteiger partial charge in [0.05, 0.1) is 18.6 Å². The van der Waals surface area contributed by atoms with Crippen LogP contribution in [0.4, 0.5) is 4.39 Å². The van der Waals surface area contributed by atoms with E-state index in [2.05, 4.69) is 20.5 Å². The zero-order valence-corrected chi connectivity index (χ0v) is 18.2. The van der Waals surface area contributed by atoms with Gasteiger partial charge in [0.25, 0.3) is 5.22 Å². The van der Waals surface area contributed by atoms with E-state index in [0.717, 1.165) is 23.1 Å². The monoisotopic (exact) mass is 453 g/mol. The van der Waals surface area contributed by atoms with Gasteiger partial charge in [0.15, 0.2) is 0 Å². The molecule has 0 bridgehead atoms. The van der Waals surface area contributed by atoms with Gasteiger partial charge in [0.1, 0.15) is 17.4 Å². The van der Waals surface area contributed by atoms with E-state index >= 15 is 0 Å². The quantitative estimate of drug-likeness (QED) is 0.406. The molecule has 0 unspecified atom stereocenters. The van der Waals surface area contributed by atoms with Crippen LogP contribution in [0.15, 0.2) is 64.5 Å². The van der Waals surface area contributed by atoms with Crippen molar-refractivity contribution in [1.29, 1.82) is 0 Å². The number of methoxy groups -OCH3 is 1. The van der Waals surface area contributed by atoms with Crippen molar-refractivity contribution in [2.45, 2.75) is 18.7 Å². The fourth-order valence-corrected chi connectivity index (χ4v) is 3.58. The number of amides is 1. The van der Waals surface area contributed by atoms with Crippen LogP contribution in [-0.4, -0.2) is 38.5 Å². The number of carbonyl (C=O) groups is 1. The van der Waals surface area contributed by atoms with Gasteiger partial charge in [0.2, 0.25) is 11.8 Å². The summed E-state index contributed by atoms with van der Waals surface area (Å²) in [6.45, 7) is 2.01. The van der Waals surface area contributed by atoms with Crippen LogP contribution < -0.4 is 10.1 Å². The lowest BCUT2D eigenvalue weighted by Crippen LogP contribution is -2.24. The molecular formula is C22H20FN5O3S. The maximum Gasteiger partial charge on any atom is 0.277 e. The lowest BCUT2D eigenvalue weighted by molar-refractivity contribution is -0.118. The van der Waals surface area contributed by atoms with E-state index in [1.807, 2.05) is 12.1 Å². The second-order valence-corrected chi connectivity index (χ2v) is 7.72. The molecule has 1 amide bonds. The summed E-state index contributed by atoms with van der Waals surface area (Å²) < 4.78 is 26.9. The number of ether oxygens (including phenoxy) is 1. The smallest absolute Gasteiger partial charge is 0.277 e. The highest BCUT2D eigenvalue weighted by Gasteiger charge is 2.12. The largest absolute Gasteiger partial charge is 0.497 e. The van der Waals surface area contributed by atoms with E-state index in [0.29, 0.717) is 23.0 Å². The molecular weight excluding hydrogens is 433 g/mol. The summed E-state index contributed by atoms with van der Waals surface area (Å²) in [7, 11) is 1.59. The van der Waals surface area contributed by atoms with Crippen LogP contribution in [0.25, 0.3) is 17.1 Å². The molecule has 8 nitrogen and oxygen atoms in total. The van der Waals surface area contributed by atoms with Crippen molar-refractivity contribution in [2.24, 2.45) is 0 Å². The predicted molar refractivity (Wildman–Crippen MR) is 117 cm³/mol. The third kappa shape index (κ3) is 4.97. The summed E-state index contributed by atoms with van der Waals surface area (Å²) >= 11 is 1.13. The van der Waals surface area contributed by atoms with E-state index in [1.165, 1.54) is 6.07 Å². The highest BCUT2D eigenvalue weighted by molar-refractivity contribution is 7.99. The first kappa shape index (κ1) is 21.6. The average molecular weight is 453 g/mol. The topological polar surface area (TPSA) is 95.1 Å². The van der Waals surface area contributed by atoms with Crippen LogP contribution >= 0.6 is 11.8 Å². The van der Waals surface area contributed by atoms with Gasteiger partial charge in [-0.1, -0.05) is 17.8 Å². The number of aryl methyl sites for hydroxylation is 1. The standard InChI is InChI=1S/C22H20FN5O3S/c1-14-24-9-10-28(14)19-8-3-15(11-18(19)23)12-25-20(29)13-32-22-27-26-21(31-22)16-4-6-17(30-2)7-5-16/h3-11H,12-13H2,1-2H3,(H,25,29). The number of hydrogen-bond donors (Lipinski definition) is 1. The Hall–Kier alpha value is -3.66. The summed E-state index contributed by atoms with van der Waals surface area (Å²) in [5.74, 6) is 1.26. The number of aromatic nitrogens is 4. The number of carbonyl (C=O) groups excluding carboxylic acids is 1. The molecule has 2 aromatic carbocycles. The second-order valence-electron chi connectivity index (χ2n) is 6.80. The lowest BCUT2D eigenvalue weighted by atomic mass is 10.2. The molecule has 164 valence electrons. The van der Waals surface area contributed by atoms with Gasteiger partial charge in [-0.05, 0) is 48.9 Å². The van der Waals surface area contributed by atoms with Crippen molar-refractivity contribution in [3.8, 4) is 22.9 Å². The number of rotatable bonds is 8. The molecule has 0 spiro atoms. The van der Waals surface area contributed by atoms with Crippen LogP contribution in [0.3, 0.4) is 0 Å². The van der Waals surface area contributed by atoms with E-state index in [1.54, 1.807) is 55.3 Å². The third-order valence-electron chi connectivity index (χ3n) is 4.66. The number of thioether (sulfide) groups is 1. The summed E-state index contributed by atoms with van der Waals surface area (Å²) in [6, 6.07) is 12.1. The van der Waals surface area contributed by atoms with E-state index < -0.39 is 0 Å². The molecule has 0 radical (unpaired) electrons. The number of hydrogen-bond acceptors (Lipinski definition) is 7. The zero-order chi connectivity index (χ0) is 22.5. The second kappa shape index (κ2) is 9.65. The van der Waals surface area contributed by atoms with Crippen molar-refractivity contribution < 1.29 is 18.3 Å². The van der Waals surface area contributed by atoms with E-state index in [4.69, 9.17) is 9.15 Å². The van der Waals surface area contributed by atoms with Gasteiger partial charge in [-0.2, -0.15) is 0 Å². The number of benzene rings is 2. The van der Waals surface area contributed by atoms with Gasteiger partial charge in [-0.15, -0.1) is 10.2 Å². The zero-order valence-electron chi connectivity index (χ0n) is 17.4. The van der Waals surface area contributed by atoms with Crippen molar-refractivity contribution in [3.05, 3.63) is 72.1 Å². The summed E-state index contributed by atoms with van der Waals surface area (Å²) in [5.41, 5.74) is 1.82. The number of halogens is 1. The Morgan fingerprint density at radius 1 is 1.22 bits per heavy atom. The average Bonchev–Trinajstić information content (AvgIpc) is 3.45. The highest BCUT2D eigenvalue weighted by atomic mass is 32.2. The van der Waals surface area contributed by atoms with Crippen molar-refractivity contribution in [2.75, 3.05) is 12.9 Å². The summed E-state index contributed by atoms with van der Waals surface area (Å²) in [6.07, 6.45) is 3.31. The molecule has 0 saturated carbocycles. The van der Waals surface area contributed by atoms with Gasteiger partial charge < -0.3 is 19.0 Å². The van der Waals surface area contributed by atoms with Crippen LogP contribution in [0.2, 0.25) is 0 Å². The molecule has 32 heavy (non-hydrogen) atoms. The minimum absolute atomic E-state index is 0.0963. The summed E-state index contributed by atoms with van der Waals surface area (Å²) in [4.78, 5) is 16.3. The van der Waals surface area contributed by atoms with Crippen LogP contribution in [0, 0.1) is 12.7 Å². The molecule has 4 rings (SSSR count). The molecule has 4 aromatic rings. The van der Waals surface area contributed by atoms with Gasteiger partial charge in [0, 0.05) is 24.5 Å². The number of nitrogens with zero attached hydrogens (tertiary/aromatic N) is 4. The molecule has 0 atom stereocenters. The Bertz CT molecular complexity index is 1220. The number of imidazole rings is 1. The third-order valence-corrected chi connectivity index (χ3v) is 5.48. The van der Waals surface area contributed by atoms with Crippen molar-refractivity contribution >= 4 is 17.7 Å². The molecule has 10 heteroatoms. The molecule has 0 aliphatic heterocycles. The first-order valence-corrected chi connectivity index (χ1v) is 10.7. The molecule has 2 heterocycles. The van der Waals surface area contributed by atoms with Gasteiger partial charge in [-0.3, -0.25) is 4.79 Å². The highest BCUT2D eigenvalue weighted by Crippen LogP contribution is 2.24. The molecule has 0 fully saturated rings. The minimum atomic E-state index is -0.385. The predicted octanol–water partition coefficient (Wildman–Crippen LogP) is 3.79. The summed E-state index contributed by atoms with van der Waals surface area (Å²) in [5, 5.41) is 11.0. The SMILES string of the molecule is COc1ccc(-c2nnc(SCC(=O)NCc3ccc(-n4ccnc4C)c(F)c3)o2)cc1. The molecule has 0 aliphatic carbocycles. The number of nitrogens with one attached hydrogen (secondary N) is 1. The molecule has 0 aliphatic rings. The minimum Gasteiger partial charge on any atom is -0.497 e. The first-order valence-electron chi connectivity index (χ1n) is 9.69. The van der Waals surface area contributed by atoms with Crippen LogP contribution in [0.5, 0.6) is 5.75 Å². The molecule has 2 aromatic heterocycles. The maximum atomic E-state index is 14.5. The first-order chi connectivity index (χ1) is 15.5. The van der Waals surface area contributed by atoms with Crippen LogP contribution in [0.1, 0.15) is 11.4 Å². The Balaban J connectivity index is 1.29. The Labute approximate surface area is 187 Å². The maximum absolute atomic E-state index is 14.5. The van der Waals surface area contributed by atoms with Gasteiger partial charge in [-0.25, -0.2) is 9.37 Å². The van der Waals surface area contributed by atoms with Crippen molar-refractivity contribution in [3.63, 3.8) is 0 Å². The van der Waals surface area contributed by atoms with Crippen molar-refractivity contribution in [1.82, 2.24) is 25.1 Å². The Morgan fingerprint density at radius 3 is 2.72 bits per heavy atom. The Morgan fingerprint density at radius 2 is 2.03 bits per heavy atom. The normalized spacial score (nSPS) is 10.8. The molecule has 0 saturated heterocycles. The van der Waals surface area contributed by atoms with Crippen LogP contribution in [-0.2, 0) is 11.3 Å².